The fourth-order valence-electron chi connectivity index (χ4n) is 1.92. The predicted molar refractivity (Wildman–Crippen MR) is 66.2 cm³/mol. The lowest BCUT2D eigenvalue weighted by Gasteiger charge is -2.28. The van der Waals surface area contributed by atoms with Gasteiger partial charge in [0, 0.05) is 19.0 Å². The molecule has 2 atom stereocenters. The van der Waals surface area contributed by atoms with E-state index in [9.17, 15) is 14.4 Å². The minimum Gasteiger partial charge on any atom is -0.481 e. The normalized spacial score (nSPS) is 21.4. The first kappa shape index (κ1) is 15.4. The average Bonchev–Trinajstić information content (AvgIpc) is 2.51. The third kappa shape index (κ3) is 4.51. The number of hydrogen-bond donors (Lipinski definition) is 2. The number of amides is 1. The summed E-state index contributed by atoms with van der Waals surface area (Å²) in [6.07, 6.45) is -0.355. The number of hydrogen-bond acceptors (Lipinski definition) is 5. The van der Waals surface area contributed by atoms with Crippen LogP contribution in [0.5, 0.6) is 0 Å². The molecule has 0 aromatic carbocycles. The molecule has 1 heterocycles. The summed E-state index contributed by atoms with van der Waals surface area (Å²) < 4.78 is 5.16. The van der Waals surface area contributed by atoms with Crippen molar-refractivity contribution < 1.29 is 24.2 Å². The molecule has 0 saturated carbocycles. The maximum absolute atomic E-state index is 12.0. The third-order valence-electron chi connectivity index (χ3n) is 2.61. The van der Waals surface area contributed by atoms with Gasteiger partial charge >= 0.3 is 11.9 Å². The fourth-order valence-corrected chi connectivity index (χ4v) is 1.92. The summed E-state index contributed by atoms with van der Waals surface area (Å²) in [7, 11) is 0. The fraction of sp³-hybridized carbons (Fsp3) is 0.750. The average molecular weight is 272 g/mol. The first-order chi connectivity index (χ1) is 8.60. The Kier molecular flexibility index (Phi) is 4.52. The molecule has 19 heavy (non-hydrogen) atoms. The van der Waals surface area contributed by atoms with E-state index in [1.807, 2.05) is 0 Å². The van der Waals surface area contributed by atoms with Crippen LogP contribution in [0.3, 0.4) is 0 Å². The van der Waals surface area contributed by atoms with E-state index in [0.29, 0.717) is 0 Å². The Morgan fingerprint density at radius 2 is 2.11 bits per heavy atom. The lowest BCUT2D eigenvalue weighted by Crippen LogP contribution is -2.47. The Bertz CT molecular complexity index is 388. The van der Waals surface area contributed by atoms with E-state index in [-0.39, 0.29) is 24.9 Å². The number of carbonyl (C=O) groups is 3. The summed E-state index contributed by atoms with van der Waals surface area (Å²) in [4.78, 5) is 35.8. The third-order valence-corrected chi connectivity index (χ3v) is 2.61. The van der Waals surface area contributed by atoms with Crippen LogP contribution in [0.15, 0.2) is 0 Å². The minimum atomic E-state index is -1.16. The molecule has 0 aromatic heterocycles. The quantitative estimate of drug-likeness (QED) is 0.682. The van der Waals surface area contributed by atoms with Crippen LogP contribution >= 0.6 is 0 Å². The van der Waals surface area contributed by atoms with Crippen LogP contribution in [-0.4, -0.2) is 52.1 Å². The lowest BCUT2D eigenvalue weighted by atomic mass is 10.1. The number of nitrogens with two attached hydrogens (primary N) is 1. The first-order valence-corrected chi connectivity index (χ1v) is 6.10. The van der Waals surface area contributed by atoms with Gasteiger partial charge in [-0.2, -0.15) is 0 Å². The van der Waals surface area contributed by atoms with Gasteiger partial charge < -0.3 is 20.5 Å². The van der Waals surface area contributed by atoms with Gasteiger partial charge in [0.25, 0.3) is 0 Å². The standard InChI is InChI=1S/C12H20N2O5/c1-12(2,3)19-11(18)8(5-10(16)17)14-6-7(13)4-9(14)15/h7-8H,4-6,13H2,1-3H3,(H,16,17)/t7?,8-/m0/s1. The predicted octanol–water partition coefficient (Wildman–Crippen LogP) is -0.269. The van der Waals surface area contributed by atoms with Crippen LogP contribution in [0.2, 0.25) is 0 Å². The molecule has 108 valence electrons. The van der Waals surface area contributed by atoms with Crippen molar-refractivity contribution in [1.82, 2.24) is 4.90 Å². The Morgan fingerprint density at radius 3 is 2.47 bits per heavy atom. The zero-order chi connectivity index (χ0) is 14.8. The van der Waals surface area contributed by atoms with E-state index in [4.69, 9.17) is 15.6 Å². The highest BCUT2D eigenvalue weighted by molar-refractivity contribution is 5.89. The largest absolute Gasteiger partial charge is 0.481 e. The van der Waals surface area contributed by atoms with Gasteiger partial charge in [0.2, 0.25) is 5.91 Å². The van der Waals surface area contributed by atoms with E-state index in [2.05, 4.69) is 0 Å². The minimum absolute atomic E-state index is 0.124. The van der Waals surface area contributed by atoms with Gasteiger partial charge in [-0.3, -0.25) is 9.59 Å². The number of likely N-dealkylation sites (tertiary alicyclic amines) is 1. The molecule has 1 aliphatic rings. The van der Waals surface area contributed by atoms with Crippen molar-refractivity contribution in [1.29, 1.82) is 0 Å². The number of ether oxygens (including phenoxy) is 1. The molecular formula is C12H20N2O5. The molecular weight excluding hydrogens is 252 g/mol. The summed E-state index contributed by atoms with van der Waals surface area (Å²) in [5.41, 5.74) is 4.91. The summed E-state index contributed by atoms with van der Waals surface area (Å²) in [6.45, 7) is 5.22. The highest BCUT2D eigenvalue weighted by Gasteiger charge is 2.39. The van der Waals surface area contributed by atoms with Gasteiger partial charge in [0.05, 0.1) is 6.42 Å². The molecule has 1 rings (SSSR count). The maximum atomic E-state index is 12.0. The Morgan fingerprint density at radius 1 is 1.53 bits per heavy atom. The molecule has 0 aromatic rings. The van der Waals surface area contributed by atoms with Crippen LogP contribution in [0.25, 0.3) is 0 Å². The molecule has 1 saturated heterocycles. The second-order valence-corrected chi connectivity index (χ2v) is 5.66. The van der Waals surface area contributed by atoms with Crippen LogP contribution in [0.1, 0.15) is 33.6 Å². The van der Waals surface area contributed by atoms with Crippen molar-refractivity contribution >= 4 is 17.8 Å². The molecule has 3 N–H and O–H groups in total. The van der Waals surface area contributed by atoms with Gasteiger partial charge in [-0.1, -0.05) is 0 Å². The SMILES string of the molecule is CC(C)(C)OC(=O)[C@H](CC(=O)O)N1CC(N)CC1=O. The van der Waals surface area contributed by atoms with Gasteiger partial charge in [0.15, 0.2) is 0 Å². The smallest absolute Gasteiger partial charge is 0.329 e. The number of nitrogens with zero attached hydrogens (tertiary/aromatic N) is 1. The van der Waals surface area contributed by atoms with Crippen molar-refractivity contribution in [3.63, 3.8) is 0 Å². The number of carboxylic acid groups (broad SMARTS) is 1. The number of carboxylic acids is 1. The van der Waals surface area contributed by atoms with E-state index in [1.54, 1.807) is 20.8 Å². The topological polar surface area (TPSA) is 110 Å². The zero-order valence-corrected chi connectivity index (χ0v) is 11.4. The molecule has 0 radical (unpaired) electrons. The molecule has 1 unspecified atom stereocenters. The Labute approximate surface area is 111 Å². The molecule has 1 fully saturated rings. The van der Waals surface area contributed by atoms with Crippen LogP contribution in [0, 0.1) is 0 Å². The maximum Gasteiger partial charge on any atom is 0.329 e. The Hall–Kier alpha value is -1.63. The highest BCUT2D eigenvalue weighted by Crippen LogP contribution is 2.19. The molecule has 0 aliphatic carbocycles. The number of esters is 1. The van der Waals surface area contributed by atoms with Crippen molar-refractivity contribution in [2.75, 3.05) is 6.54 Å². The first-order valence-electron chi connectivity index (χ1n) is 6.10. The summed E-state index contributed by atoms with van der Waals surface area (Å²) in [5.74, 6) is -2.19. The number of rotatable bonds is 4. The van der Waals surface area contributed by atoms with Crippen molar-refractivity contribution in [3.05, 3.63) is 0 Å². The molecule has 0 bridgehead atoms. The van der Waals surface area contributed by atoms with Crippen molar-refractivity contribution in [2.45, 2.75) is 51.3 Å². The second-order valence-electron chi connectivity index (χ2n) is 5.66. The number of carbonyl (C=O) groups excluding carboxylic acids is 2. The van der Waals surface area contributed by atoms with E-state index < -0.39 is 30.0 Å². The van der Waals surface area contributed by atoms with Gasteiger partial charge in [-0.25, -0.2) is 4.79 Å². The molecule has 1 aliphatic heterocycles. The summed E-state index contributed by atoms with van der Waals surface area (Å²) in [6, 6.07) is -1.48. The summed E-state index contributed by atoms with van der Waals surface area (Å²) in [5, 5.41) is 8.87. The Balaban J connectivity index is 2.86. The van der Waals surface area contributed by atoms with Crippen LogP contribution in [-0.2, 0) is 19.1 Å². The van der Waals surface area contributed by atoms with Crippen LogP contribution < -0.4 is 5.73 Å². The van der Waals surface area contributed by atoms with Crippen LogP contribution in [0.4, 0.5) is 0 Å². The molecule has 7 nitrogen and oxygen atoms in total. The molecule has 7 heteroatoms. The van der Waals surface area contributed by atoms with E-state index >= 15 is 0 Å². The summed E-state index contributed by atoms with van der Waals surface area (Å²) >= 11 is 0. The van der Waals surface area contributed by atoms with E-state index in [1.165, 1.54) is 4.90 Å². The van der Waals surface area contributed by atoms with Gasteiger partial charge in [-0.15, -0.1) is 0 Å². The second kappa shape index (κ2) is 5.56. The number of aliphatic carboxylic acids is 1. The van der Waals surface area contributed by atoms with Crippen molar-refractivity contribution in [3.8, 4) is 0 Å². The zero-order valence-electron chi connectivity index (χ0n) is 11.4. The van der Waals surface area contributed by atoms with E-state index in [0.717, 1.165) is 0 Å². The highest BCUT2D eigenvalue weighted by atomic mass is 16.6. The molecule has 0 spiro atoms. The van der Waals surface area contributed by atoms with Gasteiger partial charge in [0.1, 0.15) is 11.6 Å². The van der Waals surface area contributed by atoms with Gasteiger partial charge in [-0.05, 0) is 20.8 Å². The monoisotopic (exact) mass is 272 g/mol. The molecule has 1 amide bonds. The lowest BCUT2D eigenvalue weighted by molar-refractivity contribution is -0.166. The van der Waals surface area contributed by atoms with Crippen molar-refractivity contribution in [2.24, 2.45) is 5.73 Å².